The van der Waals surface area contributed by atoms with Crippen LogP contribution in [0.25, 0.3) is 0 Å². The molecule has 2 fully saturated rings. The van der Waals surface area contributed by atoms with Gasteiger partial charge in [-0.3, -0.25) is 4.99 Å². The summed E-state index contributed by atoms with van der Waals surface area (Å²) >= 11 is 0. The van der Waals surface area contributed by atoms with Crippen molar-refractivity contribution in [2.75, 3.05) is 46.8 Å². The first-order valence-corrected chi connectivity index (χ1v) is 8.90. The van der Waals surface area contributed by atoms with Gasteiger partial charge in [0.15, 0.2) is 5.96 Å². The van der Waals surface area contributed by atoms with Gasteiger partial charge < -0.3 is 25.2 Å². The zero-order valence-corrected chi connectivity index (χ0v) is 15.8. The monoisotopic (exact) mass is 339 g/mol. The molecule has 2 atom stereocenters. The van der Waals surface area contributed by atoms with Crippen LogP contribution in [0.4, 0.5) is 4.79 Å². The van der Waals surface area contributed by atoms with E-state index in [2.05, 4.69) is 32.5 Å². The largest absolute Gasteiger partial charge is 0.444 e. The van der Waals surface area contributed by atoms with Crippen molar-refractivity contribution in [3.8, 4) is 0 Å². The number of carbonyl (C=O) groups is 1. The van der Waals surface area contributed by atoms with Gasteiger partial charge in [-0.15, -0.1) is 0 Å². The fourth-order valence-electron chi connectivity index (χ4n) is 3.31. The van der Waals surface area contributed by atoms with Crippen LogP contribution in [0.5, 0.6) is 0 Å². The molecule has 0 radical (unpaired) electrons. The predicted octanol–water partition coefficient (Wildman–Crippen LogP) is 1.11. The number of alkyl carbamates (subject to hydrolysis) is 1. The summed E-state index contributed by atoms with van der Waals surface area (Å²) in [4.78, 5) is 20.9. The highest BCUT2D eigenvalue weighted by atomic mass is 16.6. The molecule has 2 aliphatic rings. The van der Waals surface area contributed by atoms with Gasteiger partial charge in [0.2, 0.25) is 0 Å². The van der Waals surface area contributed by atoms with Crippen LogP contribution in [0.2, 0.25) is 0 Å². The van der Waals surface area contributed by atoms with Crippen LogP contribution in [-0.4, -0.2) is 80.3 Å². The van der Waals surface area contributed by atoms with E-state index in [0.29, 0.717) is 5.92 Å². The Morgan fingerprint density at radius 2 is 2.00 bits per heavy atom. The SMILES string of the molecule is CN=C(NCC1CCN(C)C1)N1CCC(NC(=O)OC(C)(C)C)C1. The van der Waals surface area contributed by atoms with Crippen molar-refractivity contribution >= 4 is 12.1 Å². The number of hydrogen-bond donors (Lipinski definition) is 2. The average molecular weight is 339 g/mol. The van der Waals surface area contributed by atoms with Gasteiger partial charge >= 0.3 is 6.09 Å². The Morgan fingerprint density at radius 1 is 1.25 bits per heavy atom. The number of carbonyl (C=O) groups excluding carboxylic acids is 1. The van der Waals surface area contributed by atoms with E-state index < -0.39 is 5.60 Å². The number of guanidine groups is 1. The third-order valence-electron chi connectivity index (χ3n) is 4.46. The molecule has 2 saturated heterocycles. The summed E-state index contributed by atoms with van der Waals surface area (Å²) in [6, 6.07) is 0.107. The standard InChI is InChI=1S/C17H33N5O2/c1-17(2,3)24-16(23)20-14-7-9-22(12-14)15(18-4)19-10-13-6-8-21(5)11-13/h13-14H,6-12H2,1-5H3,(H,18,19)(H,20,23). The predicted molar refractivity (Wildman–Crippen MR) is 96.3 cm³/mol. The van der Waals surface area contributed by atoms with Crippen molar-refractivity contribution in [3.63, 3.8) is 0 Å². The van der Waals surface area contributed by atoms with Crippen LogP contribution in [0.3, 0.4) is 0 Å². The first-order chi connectivity index (χ1) is 11.3. The normalized spacial score (nSPS) is 25.9. The molecule has 7 heteroatoms. The topological polar surface area (TPSA) is 69.2 Å². The van der Waals surface area contributed by atoms with Crippen LogP contribution in [0.1, 0.15) is 33.6 Å². The molecule has 1 amide bonds. The molecule has 2 unspecified atom stereocenters. The number of likely N-dealkylation sites (tertiary alicyclic amines) is 2. The third-order valence-corrected chi connectivity index (χ3v) is 4.46. The van der Waals surface area contributed by atoms with Crippen LogP contribution in [-0.2, 0) is 4.74 Å². The minimum absolute atomic E-state index is 0.107. The van der Waals surface area contributed by atoms with Gasteiger partial charge in [0.1, 0.15) is 5.60 Å². The lowest BCUT2D eigenvalue weighted by Crippen LogP contribution is -2.45. The molecule has 0 aliphatic carbocycles. The highest BCUT2D eigenvalue weighted by molar-refractivity contribution is 5.80. The van der Waals surface area contributed by atoms with Crippen molar-refractivity contribution in [3.05, 3.63) is 0 Å². The zero-order chi connectivity index (χ0) is 17.7. The molecular weight excluding hydrogens is 306 g/mol. The fraction of sp³-hybridized carbons (Fsp3) is 0.882. The first-order valence-electron chi connectivity index (χ1n) is 8.90. The highest BCUT2D eigenvalue weighted by Gasteiger charge is 2.28. The Balaban J connectivity index is 1.75. The summed E-state index contributed by atoms with van der Waals surface area (Å²) in [5, 5.41) is 6.45. The van der Waals surface area contributed by atoms with Crippen molar-refractivity contribution in [2.24, 2.45) is 10.9 Å². The molecule has 24 heavy (non-hydrogen) atoms. The van der Waals surface area contributed by atoms with Crippen molar-refractivity contribution < 1.29 is 9.53 Å². The van der Waals surface area contributed by atoms with E-state index in [0.717, 1.165) is 38.6 Å². The summed E-state index contributed by atoms with van der Waals surface area (Å²) in [5.74, 6) is 1.61. The lowest BCUT2D eigenvalue weighted by molar-refractivity contribution is 0.0507. The molecule has 0 saturated carbocycles. The summed E-state index contributed by atoms with van der Waals surface area (Å²) in [6.45, 7) is 10.6. The molecule has 7 nitrogen and oxygen atoms in total. The van der Waals surface area contributed by atoms with Crippen molar-refractivity contribution in [1.29, 1.82) is 0 Å². The second-order valence-electron chi connectivity index (χ2n) is 7.92. The smallest absolute Gasteiger partial charge is 0.407 e. The third kappa shape index (κ3) is 5.85. The molecular formula is C17H33N5O2. The Bertz CT molecular complexity index is 460. The maximum absolute atomic E-state index is 11.9. The van der Waals surface area contributed by atoms with Gasteiger partial charge in [-0.05, 0) is 53.1 Å². The van der Waals surface area contributed by atoms with E-state index in [4.69, 9.17) is 4.74 Å². The molecule has 0 aromatic rings. The second-order valence-corrected chi connectivity index (χ2v) is 7.92. The number of rotatable bonds is 3. The van der Waals surface area contributed by atoms with Crippen LogP contribution in [0.15, 0.2) is 4.99 Å². The van der Waals surface area contributed by atoms with Gasteiger partial charge in [0.25, 0.3) is 0 Å². The molecule has 138 valence electrons. The number of amides is 1. The molecule has 2 aliphatic heterocycles. The van der Waals surface area contributed by atoms with E-state index in [-0.39, 0.29) is 12.1 Å². The van der Waals surface area contributed by atoms with Crippen LogP contribution < -0.4 is 10.6 Å². The Morgan fingerprint density at radius 3 is 2.58 bits per heavy atom. The number of ether oxygens (including phenoxy) is 1. The lowest BCUT2D eigenvalue weighted by atomic mass is 10.1. The van der Waals surface area contributed by atoms with Gasteiger partial charge in [0.05, 0.1) is 6.04 Å². The molecule has 2 heterocycles. The molecule has 2 N–H and O–H groups in total. The van der Waals surface area contributed by atoms with Gasteiger partial charge in [-0.1, -0.05) is 0 Å². The number of nitrogens with one attached hydrogen (secondary N) is 2. The van der Waals surface area contributed by atoms with E-state index in [1.807, 2.05) is 27.8 Å². The maximum Gasteiger partial charge on any atom is 0.407 e. The Hall–Kier alpha value is -1.50. The lowest BCUT2D eigenvalue weighted by Gasteiger charge is -2.24. The number of nitrogens with zero attached hydrogens (tertiary/aromatic N) is 3. The van der Waals surface area contributed by atoms with Gasteiger partial charge in [-0.2, -0.15) is 0 Å². The summed E-state index contributed by atoms with van der Waals surface area (Å²) in [5.41, 5.74) is -0.464. The molecule has 0 aromatic heterocycles. The second kappa shape index (κ2) is 8.05. The van der Waals surface area contributed by atoms with E-state index >= 15 is 0 Å². The number of aliphatic imine (C=N–C) groups is 1. The minimum Gasteiger partial charge on any atom is -0.444 e. The quantitative estimate of drug-likeness (QED) is 0.595. The summed E-state index contributed by atoms with van der Waals surface area (Å²) in [6.07, 6.45) is 1.81. The average Bonchev–Trinajstić information content (AvgIpc) is 3.07. The van der Waals surface area contributed by atoms with E-state index in [1.54, 1.807) is 0 Å². The van der Waals surface area contributed by atoms with Gasteiger partial charge in [0, 0.05) is 33.2 Å². The van der Waals surface area contributed by atoms with Crippen molar-refractivity contribution in [2.45, 2.75) is 45.3 Å². The van der Waals surface area contributed by atoms with Crippen molar-refractivity contribution in [1.82, 2.24) is 20.4 Å². The molecule has 2 rings (SSSR count). The summed E-state index contributed by atoms with van der Waals surface area (Å²) < 4.78 is 5.33. The number of hydrogen-bond acceptors (Lipinski definition) is 4. The summed E-state index contributed by atoms with van der Waals surface area (Å²) in [7, 11) is 3.99. The van der Waals surface area contributed by atoms with Gasteiger partial charge in [-0.25, -0.2) is 4.79 Å². The Kier molecular flexibility index (Phi) is 6.32. The Labute approximate surface area is 145 Å². The molecule has 0 spiro atoms. The first kappa shape index (κ1) is 18.8. The zero-order valence-electron chi connectivity index (χ0n) is 15.8. The highest BCUT2D eigenvalue weighted by Crippen LogP contribution is 2.14. The fourth-order valence-corrected chi connectivity index (χ4v) is 3.31. The van der Waals surface area contributed by atoms with Crippen LogP contribution in [0, 0.1) is 5.92 Å². The van der Waals surface area contributed by atoms with Crippen LogP contribution >= 0.6 is 0 Å². The van der Waals surface area contributed by atoms with E-state index in [1.165, 1.54) is 13.0 Å². The molecule has 0 aromatic carbocycles. The maximum atomic E-state index is 11.9. The van der Waals surface area contributed by atoms with E-state index in [9.17, 15) is 4.79 Å². The minimum atomic E-state index is -0.464. The molecule has 0 bridgehead atoms.